The number of hydrogen-bond acceptors (Lipinski definition) is 5. The lowest BCUT2D eigenvalue weighted by molar-refractivity contribution is 0.627. The highest BCUT2D eigenvalue weighted by molar-refractivity contribution is 7.15. The predicted molar refractivity (Wildman–Crippen MR) is 134 cm³/mol. The number of hydrogen-bond donors (Lipinski definition) is 0. The summed E-state index contributed by atoms with van der Waals surface area (Å²) >= 11 is 1.37. The molecule has 0 radical (unpaired) electrons. The molecule has 7 heteroatoms. The van der Waals surface area contributed by atoms with Crippen molar-refractivity contribution in [3.63, 3.8) is 0 Å². The van der Waals surface area contributed by atoms with Crippen molar-refractivity contribution in [1.29, 1.82) is 0 Å². The van der Waals surface area contributed by atoms with Gasteiger partial charge < -0.3 is 4.42 Å². The first-order valence-corrected chi connectivity index (χ1v) is 11.6. The van der Waals surface area contributed by atoms with Crippen molar-refractivity contribution in [2.45, 2.75) is 0 Å². The lowest BCUT2D eigenvalue weighted by Gasteiger charge is -1.98. The highest BCUT2D eigenvalue weighted by Crippen LogP contribution is 2.30. The van der Waals surface area contributed by atoms with Gasteiger partial charge in [0.25, 0.3) is 5.56 Å². The summed E-state index contributed by atoms with van der Waals surface area (Å²) in [5, 5.41) is 5.84. The van der Waals surface area contributed by atoms with Crippen LogP contribution in [0.15, 0.2) is 100 Å². The van der Waals surface area contributed by atoms with Gasteiger partial charge in [-0.2, -0.15) is 5.10 Å². The van der Waals surface area contributed by atoms with E-state index in [4.69, 9.17) is 9.52 Å². The Morgan fingerprint density at radius 2 is 1.71 bits per heavy atom. The van der Waals surface area contributed by atoms with E-state index in [1.165, 1.54) is 11.3 Å². The SMILES string of the molecule is O=c1/c(=C\c2cn(-c3ccccc3)nc2-c2cc3ccccc3o2)sc2nc3ccccc3n12. The molecule has 4 aromatic heterocycles. The number of aromatic nitrogens is 4. The first-order chi connectivity index (χ1) is 16.7. The summed E-state index contributed by atoms with van der Waals surface area (Å²) in [4.78, 5) is 18.6. The third kappa shape index (κ3) is 2.91. The Hall–Kier alpha value is -4.49. The van der Waals surface area contributed by atoms with Crippen molar-refractivity contribution in [2.24, 2.45) is 0 Å². The van der Waals surface area contributed by atoms with E-state index in [1.54, 1.807) is 4.40 Å². The standard InChI is InChI=1S/C27H16N4O2S/c32-26-24(34-27-28-20-11-5-6-12-21(20)31(26)27)15-18-16-30(19-9-2-1-3-10-19)29-25(18)23-14-17-8-4-7-13-22(17)33-23/h1-16H/b24-15+. The molecule has 0 atom stereocenters. The second kappa shape index (κ2) is 7.26. The van der Waals surface area contributed by atoms with Crippen LogP contribution in [0.25, 0.3) is 50.2 Å². The van der Waals surface area contributed by atoms with Gasteiger partial charge in [0.15, 0.2) is 10.7 Å². The molecule has 0 saturated heterocycles. The number of fused-ring (bicyclic) bond motifs is 4. The summed E-state index contributed by atoms with van der Waals surface area (Å²) in [6.07, 6.45) is 3.81. The summed E-state index contributed by atoms with van der Waals surface area (Å²) in [7, 11) is 0. The van der Waals surface area contributed by atoms with Crippen LogP contribution >= 0.6 is 11.3 Å². The monoisotopic (exact) mass is 460 g/mol. The Morgan fingerprint density at radius 3 is 2.59 bits per heavy atom. The molecular weight excluding hydrogens is 444 g/mol. The molecule has 162 valence electrons. The second-order valence-corrected chi connectivity index (χ2v) is 9.01. The largest absolute Gasteiger partial charge is 0.454 e. The number of benzene rings is 3. The molecule has 0 fully saturated rings. The Bertz CT molecular complexity index is 1910. The molecule has 0 unspecified atom stereocenters. The van der Waals surface area contributed by atoms with Crippen LogP contribution in [0.1, 0.15) is 5.56 Å². The Morgan fingerprint density at radius 1 is 0.912 bits per heavy atom. The molecule has 6 nitrogen and oxygen atoms in total. The number of para-hydroxylation sites is 4. The fraction of sp³-hybridized carbons (Fsp3) is 0. The van der Waals surface area contributed by atoms with Gasteiger partial charge in [0.05, 0.1) is 21.3 Å². The maximum Gasteiger partial charge on any atom is 0.274 e. The number of nitrogens with zero attached hydrogens (tertiary/aromatic N) is 4. The summed E-state index contributed by atoms with van der Waals surface area (Å²) < 4.78 is 10.2. The van der Waals surface area contributed by atoms with Crippen molar-refractivity contribution in [3.05, 3.63) is 112 Å². The minimum absolute atomic E-state index is 0.0864. The number of thiazole rings is 1. The van der Waals surface area contributed by atoms with Gasteiger partial charge in [-0.25, -0.2) is 14.1 Å². The number of furan rings is 1. The predicted octanol–water partition coefficient (Wildman–Crippen LogP) is 5.06. The van der Waals surface area contributed by atoms with E-state index in [0.29, 0.717) is 20.9 Å². The van der Waals surface area contributed by atoms with E-state index in [9.17, 15) is 4.79 Å². The van der Waals surface area contributed by atoms with Crippen molar-refractivity contribution in [1.82, 2.24) is 19.2 Å². The molecule has 0 saturated carbocycles. The number of imidazole rings is 1. The topological polar surface area (TPSA) is 65.3 Å². The minimum Gasteiger partial charge on any atom is -0.454 e. The lowest BCUT2D eigenvalue weighted by atomic mass is 10.2. The average molecular weight is 461 g/mol. The number of rotatable bonds is 3. The summed E-state index contributed by atoms with van der Waals surface area (Å²) in [6, 6.07) is 27.4. The highest BCUT2D eigenvalue weighted by atomic mass is 32.1. The van der Waals surface area contributed by atoms with Gasteiger partial charge in [0, 0.05) is 17.1 Å². The van der Waals surface area contributed by atoms with Gasteiger partial charge in [-0.15, -0.1) is 0 Å². The minimum atomic E-state index is -0.0864. The zero-order chi connectivity index (χ0) is 22.6. The van der Waals surface area contributed by atoms with Crippen molar-refractivity contribution >= 4 is 44.4 Å². The third-order valence-electron chi connectivity index (χ3n) is 5.85. The van der Waals surface area contributed by atoms with E-state index in [1.807, 2.05) is 102 Å². The normalized spacial score (nSPS) is 12.4. The third-order valence-corrected chi connectivity index (χ3v) is 6.82. The van der Waals surface area contributed by atoms with E-state index in [-0.39, 0.29) is 5.56 Å². The van der Waals surface area contributed by atoms with Crippen LogP contribution in [0, 0.1) is 0 Å². The van der Waals surface area contributed by atoms with E-state index in [2.05, 4.69) is 4.98 Å². The Kier molecular flexibility index (Phi) is 4.06. The zero-order valence-electron chi connectivity index (χ0n) is 17.8. The zero-order valence-corrected chi connectivity index (χ0v) is 18.6. The van der Waals surface area contributed by atoms with Gasteiger partial charge in [-0.1, -0.05) is 59.9 Å². The second-order valence-electron chi connectivity index (χ2n) is 8.00. The maximum absolute atomic E-state index is 13.3. The molecule has 34 heavy (non-hydrogen) atoms. The molecule has 0 spiro atoms. The van der Waals surface area contributed by atoms with Crippen LogP contribution < -0.4 is 10.1 Å². The van der Waals surface area contributed by atoms with Crippen LogP contribution in [-0.2, 0) is 0 Å². The molecular formula is C27H16N4O2S. The lowest BCUT2D eigenvalue weighted by Crippen LogP contribution is -2.22. The summed E-state index contributed by atoms with van der Waals surface area (Å²) in [6.45, 7) is 0. The van der Waals surface area contributed by atoms with Gasteiger partial charge in [0.1, 0.15) is 11.3 Å². The molecule has 0 bridgehead atoms. The van der Waals surface area contributed by atoms with Gasteiger partial charge in [0.2, 0.25) is 0 Å². The summed E-state index contributed by atoms with van der Waals surface area (Å²) in [5.74, 6) is 0.654. The Balaban J connectivity index is 1.47. The van der Waals surface area contributed by atoms with Crippen LogP contribution in [0.5, 0.6) is 0 Å². The molecule has 0 N–H and O–H groups in total. The fourth-order valence-electron chi connectivity index (χ4n) is 4.25. The van der Waals surface area contributed by atoms with Crippen molar-refractivity contribution in [2.75, 3.05) is 0 Å². The maximum atomic E-state index is 13.3. The van der Waals surface area contributed by atoms with Gasteiger partial charge >= 0.3 is 0 Å². The molecule has 4 heterocycles. The Labute approximate surface area is 196 Å². The fourth-order valence-corrected chi connectivity index (χ4v) is 5.23. The highest BCUT2D eigenvalue weighted by Gasteiger charge is 2.17. The van der Waals surface area contributed by atoms with Crippen molar-refractivity contribution < 1.29 is 4.42 Å². The molecule has 3 aromatic carbocycles. The molecule has 0 aliphatic heterocycles. The van der Waals surface area contributed by atoms with E-state index >= 15 is 0 Å². The van der Waals surface area contributed by atoms with Crippen LogP contribution in [0.3, 0.4) is 0 Å². The average Bonchev–Trinajstić information content (AvgIpc) is 3.62. The quantitative estimate of drug-likeness (QED) is 0.370. The van der Waals surface area contributed by atoms with Crippen LogP contribution in [0.2, 0.25) is 0 Å². The first-order valence-electron chi connectivity index (χ1n) is 10.8. The molecule has 0 aliphatic carbocycles. The van der Waals surface area contributed by atoms with Crippen LogP contribution in [0.4, 0.5) is 0 Å². The first kappa shape index (κ1) is 19.0. The van der Waals surface area contributed by atoms with Crippen molar-refractivity contribution in [3.8, 4) is 17.1 Å². The molecule has 7 rings (SSSR count). The van der Waals surface area contributed by atoms with Crippen LogP contribution in [-0.4, -0.2) is 19.2 Å². The smallest absolute Gasteiger partial charge is 0.274 e. The molecule has 7 aromatic rings. The van der Waals surface area contributed by atoms with Gasteiger partial charge in [-0.3, -0.25) is 4.79 Å². The summed E-state index contributed by atoms with van der Waals surface area (Å²) in [5.41, 5.74) is 4.74. The van der Waals surface area contributed by atoms with Gasteiger partial charge in [-0.05, 0) is 42.5 Å². The van der Waals surface area contributed by atoms with E-state index < -0.39 is 0 Å². The van der Waals surface area contributed by atoms with E-state index in [0.717, 1.165) is 33.3 Å². The molecule has 0 aliphatic rings. The molecule has 0 amide bonds.